The van der Waals surface area contributed by atoms with Gasteiger partial charge in [0, 0.05) is 27.3 Å². The number of nitrogens with zero attached hydrogens (tertiary/aromatic N) is 1. The Morgan fingerprint density at radius 3 is 2.65 bits per heavy atom. The summed E-state index contributed by atoms with van der Waals surface area (Å²) in [6, 6.07) is 0. The molecule has 1 heterocycles. The van der Waals surface area contributed by atoms with Gasteiger partial charge in [-0.3, -0.25) is 4.79 Å². The smallest absolute Gasteiger partial charge is 0.231 e. The van der Waals surface area contributed by atoms with E-state index in [1.54, 1.807) is 7.11 Å². The molecule has 1 saturated heterocycles. The van der Waals surface area contributed by atoms with Crippen LogP contribution in [0.15, 0.2) is 0 Å². The second-order valence-corrected chi connectivity index (χ2v) is 6.21. The highest BCUT2D eigenvalue weighted by Crippen LogP contribution is 2.31. The molecule has 1 saturated carbocycles. The monoisotopic (exact) mass is 284 g/mol. The van der Waals surface area contributed by atoms with Gasteiger partial charge in [0.15, 0.2) is 0 Å². The minimum atomic E-state index is -0.342. The summed E-state index contributed by atoms with van der Waals surface area (Å²) in [6.07, 6.45) is 4.32. The first-order valence-electron chi connectivity index (χ1n) is 7.71. The molecule has 5 nitrogen and oxygen atoms in total. The minimum absolute atomic E-state index is 0.205. The molecule has 5 heteroatoms. The molecule has 1 aliphatic carbocycles. The zero-order chi connectivity index (χ0) is 14.4. The maximum atomic E-state index is 12.7. The molecule has 0 atom stereocenters. The predicted octanol–water partition coefficient (Wildman–Crippen LogP) is 0.888. The van der Waals surface area contributed by atoms with Gasteiger partial charge in [0.1, 0.15) is 0 Å². The van der Waals surface area contributed by atoms with Gasteiger partial charge in [-0.2, -0.15) is 0 Å². The standard InChI is InChI=1S/C15H28N2O3/c1-17(9-10-20-11-13-3-4-13)14(18)15(12-19-2)5-7-16-8-6-15/h13,16H,3-12H2,1-2H3. The highest BCUT2D eigenvalue weighted by molar-refractivity contribution is 5.82. The van der Waals surface area contributed by atoms with Gasteiger partial charge < -0.3 is 19.7 Å². The van der Waals surface area contributed by atoms with E-state index >= 15 is 0 Å². The molecule has 0 bridgehead atoms. The SMILES string of the molecule is COCC1(C(=O)N(C)CCOCC2CC2)CCNCC1. The molecule has 0 radical (unpaired) electrons. The third-order valence-corrected chi connectivity index (χ3v) is 4.40. The summed E-state index contributed by atoms with van der Waals surface area (Å²) < 4.78 is 10.9. The molecule has 0 aromatic rings. The van der Waals surface area contributed by atoms with Crippen molar-refractivity contribution in [3.8, 4) is 0 Å². The van der Waals surface area contributed by atoms with Crippen LogP contribution >= 0.6 is 0 Å². The van der Waals surface area contributed by atoms with Crippen molar-refractivity contribution in [2.24, 2.45) is 11.3 Å². The van der Waals surface area contributed by atoms with E-state index < -0.39 is 0 Å². The van der Waals surface area contributed by atoms with E-state index in [-0.39, 0.29) is 11.3 Å². The number of piperidine rings is 1. The van der Waals surface area contributed by atoms with Gasteiger partial charge in [0.05, 0.1) is 18.6 Å². The number of hydrogen-bond donors (Lipinski definition) is 1. The van der Waals surface area contributed by atoms with Crippen molar-refractivity contribution in [3.05, 3.63) is 0 Å². The number of likely N-dealkylation sites (N-methyl/N-ethyl adjacent to an activating group) is 1. The maximum Gasteiger partial charge on any atom is 0.231 e. The van der Waals surface area contributed by atoms with E-state index in [0.717, 1.165) is 38.5 Å². The van der Waals surface area contributed by atoms with Crippen LogP contribution in [-0.2, 0) is 14.3 Å². The van der Waals surface area contributed by atoms with E-state index in [4.69, 9.17) is 9.47 Å². The Labute approximate surface area is 122 Å². The van der Waals surface area contributed by atoms with Gasteiger partial charge in [-0.1, -0.05) is 0 Å². The lowest BCUT2D eigenvalue weighted by Crippen LogP contribution is -2.51. The molecule has 2 fully saturated rings. The van der Waals surface area contributed by atoms with E-state index in [2.05, 4.69) is 5.32 Å². The molecule has 20 heavy (non-hydrogen) atoms. The molecular formula is C15H28N2O3. The molecule has 0 spiro atoms. The van der Waals surface area contributed by atoms with Crippen molar-refractivity contribution < 1.29 is 14.3 Å². The van der Waals surface area contributed by atoms with Crippen molar-refractivity contribution in [1.29, 1.82) is 0 Å². The Hall–Kier alpha value is -0.650. The second kappa shape index (κ2) is 7.38. The number of amides is 1. The number of rotatable bonds is 8. The number of ether oxygens (including phenoxy) is 2. The van der Waals surface area contributed by atoms with Crippen LogP contribution in [0.25, 0.3) is 0 Å². The fraction of sp³-hybridized carbons (Fsp3) is 0.933. The number of carbonyl (C=O) groups excluding carboxylic acids is 1. The minimum Gasteiger partial charge on any atom is -0.384 e. The highest BCUT2D eigenvalue weighted by Gasteiger charge is 2.41. The molecular weight excluding hydrogens is 256 g/mol. The predicted molar refractivity (Wildman–Crippen MR) is 77.6 cm³/mol. The normalized spacial score (nSPS) is 21.7. The zero-order valence-corrected chi connectivity index (χ0v) is 12.8. The van der Waals surface area contributed by atoms with Crippen LogP contribution in [0.1, 0.15) is 25.7 Å². The van der Waals surface area contributed by atoms with Gasteiger partial charge in [-0.25, -0.2) is 0 Å². The average Bonchev–Trinajstić information content (AvgIpc) is 3.28. The summed E-state index contributed by atoms with van der Waals surface area (Å²) in [5.41, 5.74) is -0.342. The Bertz CT molecular complexity index is 307. The fourth-order valence-electron chi connectivity index (χ4n) is 2.84. The Morgan fingerprint density at radius 2 is 2.05 bits per heavy atom. The van der Waals surface area contributed by atoms with Gasteiger partial charge in [-0.15, -0.1) is 0 Å². The Morgan fingerprint density at radius 1 is 1.35 bits per heavy atom. The van der Waals surface area contributed by atoms with Crippen LogP contribution in [0.5, 0.6) is 0 Å². The first kappa shape index (κ1) is 15.7. The molecule has 1 amide bonds. The lowest BCUT2D eigenvalue weighted by atomic mass is 9.78. The van der Waals surface area contributed by atoms with Crippen LogP contribution in [0.4, 0.5) is 0 Å². The van der Waals surface area contributed by atoms with Gasteiger partial charge in [0.2, 0.25) is 5.91 Å². The summed E-state index contributed by atoms with van der Waals surface area (Å²) in [7, 11) is 3.55. The van der Waals surface area contributed by atoms with Crippen molar-refractivity contribution in [3.63, 3.8) is 0 Å². The van der Waals surface area contributed by atoms with Crippen LogP contribution < -0.4 is 5.32 Å². The van der Waals surface area contributed by atoms with E-state index in [1.807, 2.05) is 11.9 Å². The lowest BCUT2D eigenvalue weighted by Gasteiger charge is -2.38. The van der Waals surface area contributed by atoms with Gasteiger partial charge in [0.25, 0.3) is 0 Å². The molecule has 0 aromatic heterocycles. The fourth-order valence-corrected chi connectivity index (χ4v) is 2.84. The van der Waals surface area contributed by atoms with Crippen LogP contribution in [-0.4, -0.2) is 64.4 Å². The van der Waals surface area contributed by atoms with Crippen LogP contribution in [0.3, 0.4) is 0 Å². The second-order valence-electron chi connectivity index (χ2n) is 6.21. The van der Waals surface area contributed by atoms with Crippen LogP contribution in [0, 0.1) is 11.3 Å². The van der Waals surface area contributed by atoms with E-state index in [0.29, 0.717) is 19.8 Å². The summed E-state index contributed by atoms with van der Waals surface area (Å²) >= 11 is 0. The zero-order valence-electron chi connectivity index (χ0n) is 12.8. The quantitative estimate of drug-likeness (QED) is 0.673. The van der Waals surface area contributed by atoms with E-state index in [9.17, 15) is 4.79 Å². The summed E-state index contributed by atoms with van der Waals surface area (Å²) in [5, 5.41) is 3.31. The van der Waals surface area contributed by atoms with Crippen molar-refractivity contribution in [1.82, 2.24) is 10.2 Å². The molecule has 2 rings (SSSR count). The number of hydrogen-bond acceptors (Lipinski definition) is 4. The summed E-state index contributed by atoms with van der Waals surface area (Å²) in [5.74, 6) is 0.983. The first-order chi connectivity index (χ1) is 9.68. The first-order valence-corrected chi connectivity index (χ1v) is 7.71. The number of carbonyl (C=O) groups is 1. The number of methoxy groups -OCH3 is 1. The summed E-state index contributed by atoms with van der Waals surface area (Å²) in [6.45, 7) is 4.46. The lowest BCUT2D eigenvalue weighted by molar-refractivity contribution is -0.146. The topological polar surface area (TPSA) is 50.8 Å². The number of nitrogens with one attached hydrogen (secondary N) is 1. The largest absolute Gasteiger partial charge is 0.384 e. The van der Waals surface area contributed by atoms with Crippen LogP contribution in [0.2, 0.25) is 0 Å². The van der Waals surface area contributed by atoms with Crippen molar-refractivity contribution in [2.45, 2.75) is 25.7 Å². The molecule has 0 aromatic carbocycles. The third kappa shape index (κ3) is 4.17. The average molecular weight is 284 g/mol. The Balaban J connectivity index is 1.78. The molecule has 0 unspecified atom stereocenters. The summed E-state index contributed by atoms with van der Waals surface area (Å²) in [4.78, 5) is 14.5. The van der Waals surface area contributed by atoms with Crippen molar-refractivity contribution in [2.75, 3.05) is 53.6 Å². The highest BCUT2D eigenvalue weighted by atomic mass is 16.5. The molecule has 2 aliphatic rings. The van der Waals surface area contributed by atoms with Crippen molar-refractivity contribution >= 4 is 5.91 Å². The van der Waals surface area contributed by atoms with Gasteiger partial charge in [-0.05, 0) is 44.7 Å². The molecule has 1 aliphatic heterocycles. The molecule has 1 N–H and O–H groups in total. The molecule has 116 valence electrons. The van der Waals surface area contributed by atoms with Gasteiger partial charge >= 0.3 is 0 Å². The Kier molecular flexibility index (Phi) is 5.81. The third-order valence-electron chi connectivity index (χ3n) is 4.40. The maximum absolute atomic E-state index is 12.7. The van der Waals surface area contributed by atoms with E-state index in [1.165, 1.54) is 12.8 Å².